The summed E-state index contributed by atoms with van der Waals surface area (Å²) in [6.07, 6.45) is 7.02. The van der Waals surface area contributed by atoms with Gasteiger partial charge in [0.25, 0.3) is 0 Å². The van der Waals surface area contributed by atoms with Gasteiger partial charge in [-0.25, -0.2) is 4.68 Å². The molecule has 6 heteroatoms. The Labute approximate surface area is 195 Å². The second-order valence-electron chi connectivity index (χ2n) is 8.79. The average molecular weight is 451 g/mol. The molecule has 1 aromatic heterocycles. The van der Waals surface area contributed by atoms with Gasteiger partial charge < -0.3 is 10.1 Å². The zero-order chi connectivity index (χ0) is 21.9. The zero-order valence-electron chi connectivity index (χ0n) is 18.7. The summed E-state index contributed by atoms with van der Waals surface area (Å²) in [5, 5.41) is 9.60. The van der Waals surface area contributed by atoms with Crippen LogP contribution in [0.4, 0.5) is 5.82 Å². The van der Waals surface area contributed by atoms with Gasteiger partial charge in [-0.3, -0.25) is 4.90 Å². The molecule has 3 heterocycles. The van der Waals surface area contributed by atoms with Crippen LogP contribution in [0.15, 0.2) is 48.5 Å². The predicted octanol–water partition coefficient (Wildman–Crippen LogP) is 6.01. The van der Waals surface area contributed by atoms with Gasteiger partial charge in [0.15, 0.2) is 0 Å². The zero-order valence-corrected chi connectivity index (χ0v) is 19.4. The molecule has 3 aromatic rings. The lowest BCUT2D eigenvalue weighted by atomic mass is 9.94. The van der Waals surface area contributed by atoms with Crippen molar-refractivity contribution >= 4 is 17.4 Å². The first kappa shape index (κ1) is 21.4. The number of hydrogen-bond acceptors (Lipinski definition) is 4. The molecule has 2 aromatic carbocycles. The third-order valence-electron chi connectivity index (χ3n) is 6.69. The molecule has 2 aliphatic heterocycles. The Morgan fingerprint density at radius 3 is 2.81 bits per heavy atom. The van der Waals surface area contributed by atoms with Crippen molar-refractivity contribution in [2.45, 2.75) is 51.1 Å². The number of rotatable bonds is 5. The number of ether oxygens (including phenoxy) is 1. The fourth-order valence-corrected chi connectivity index (χ4v) is 5.27. The van der Waals surface area contributed by atoms with Crippen molar-refractivity contribution < 1.29 is 4.74 Å². The molecule has 5 nitrogen and oxygen atoms in total. The Morgan fingerprint density at radius 1 is 1.09 bits per heavy atom. The maximum absolute atomic E-state index is 6.38. The van der Waals surface area contributed by atoms with Crippen LogP contribution in [0.1, 0.15) is 55.0 Å². The van der Waals surface area contributed by atoms with E-state index in [1.807, 2.05) is 22.9 Å². The SMILES string of the molecule is COc1ccc(Cl)cc1-n1nc(C2CCCCN2Cc2ccccc2)c2c1NCCCC2. The number of hydrogen-bond donors (Lipinski definition) is 1. The van der Waals surface area contributed by atoms with Crippen LogP contribution >= 0.6 is 11.6 Å². The number of nitrogens with one attached hydrogen (secondary N) is 1. The number of anilines is 1. The number of piperidine rings is 1. The highest BCUT2D eigenvalue weighted by atomic mass is 35.5. The molecule has 0 saturated carbocycles. The van der Waals surface area contributed by atoms with E-state index >= 15 is 0 Å². The molecule has 0 aliphatic carbocycles. The van der Waals surface area contributed by atoms with Crippen LogP contribution in [-0.2, 0) is 13.0 Å². The standard InChI is InChI=1S/C26H31ClN4O/c1-32-24-14-13-20(27)17-23(24)31-26-21(11-5-7-15-28-26)25(29-31)22-12-6-8-16-30(22)18-19-9-3-2-4-10-19/h2-4,9-10,13-14,17,22,28H,5-8,11-12,15-16,18H2,1H3. The summed E-state index contributed by atoms with van der Waals surface area (Å²) in [6.45, 7) is 3.02. The smallest absolute Gasteiger partial charge is 0.144 e. The van der Waals surface area contributed by atoms with Crippen LogP contribution in [0.25, 0.3) is 5.69 Å². The van der Waals surface area contributed by atoms with Crippen LogP contribution in [0.2, 0.25) is 5.02 Å². The Morgan fingerprint density at radius 2 is 1.97 bits per heavy atom. The van der Waals surface area contributed by atoms with E-state index in [4.69, 9.17) is 21.4 Å². The molecule has 1 atom stereocenters. The summed E-state index contributed by atoms with van der Waals surface area (Å²) < 4.78 is 7.71. The highest BCUT2D eigenvalue weighted by molar-refractivity contribution is 6.30. The first-order chi connectivity index (χ1) is 15.7. The summed E-state index contributed by atoms with van der Waals surface area (Å²) in [7, 11) is 1.70. The number of nitrogens with zero attached hydrogens (tertiary/aromatic N) is 3. The van der Waals surface area contributed by atoms with Crippen molar-refractivity contribution in [3.05, 3.63) is 70.4 Å². The molecule has 0 amide bonds. The van der Waals surface area contributed by atoms with E-state index in [9.17, 15) is 0 Å². The van der Waals surface area contributed by atoms with Crippen LogP contribution < -0.4 is 10.1 Å². The first-order valence-electron chi connectivity index (χ1n) is 11.7. The topological polar surface area (TPSA) is 42.3 Å². The Balaban J connectivity index is 1.58. The molecule has 1 saturated heterocycles. The minimum Gasteiger partial charge on any atom is -0.494 e. The van der Waals surface area contributed by atoms with Crippen LogP contribution in [0.5, 0.6) is 5.75 Å². The molecule has 168 valence electrons. The number of aromatic nitrogens is 2. The minimum atomic E-state index is 0.323. The van der Waals surface area contributed by atoms with E-state index < -0.39 is 0 Å². The molecule has 2 aliphatic rings. The van der Waals surface area contributed by atoms with Gasteiger partial charge in [0.05, 0.1) is 18.8 Å². The molecule has 1 fully saturated rings. The summed E-state index contributed by atoms with van der Waals surface area (Å²) in [4.78, 5) is 2.62. The third-order valence-corrected chi connectivity index (χ3v) is 6.92. The van der Waals surface area contributed by atoms with E-state index in [0.29, 0.717) is 11.1 Å². The van der Waals surface area contributed by atoms with Gasteiger partial charge in [0.1, 0.15) is 17.3 Å². The molecule has 0 bridgehead atoms. The molecule has 0 spiro atoms. The third kappa shape index (κ3) is 4.24. The quantitative estimate of drug-likeness (QED) is 0.516. The normalized spacial score (nSPS) is 19.1. The molecular formula is C26H31ClN4O. The molecule has 32 heavy (non-hydrogen) atoms. The Kier molecular flexibility index (Phi) is 6.37. The van der Waals surface area contributed by atoms with Crippen molar-refractivity contribution in [1.29, 1.82) is 0 Å². The van der Waals surface area contributed by atoms with Crippen molar-refractivity contribution in [3.63, 3.8) is 0 Å². The monoisotopic (exact) mass is 450 g/mol. The molecular weight excluding hydrogens is 420 g/mol. The van der Waals surface area contributed by atoms with Gasteiger partial charge in [-0.15, -0.1) is 0 Å². The summed E-state index contributed by atoms with van der Waals surface area (Å²) in [6, 6.07) is 16.9. The average Bonchev–Trinajstić information content (AvgIpc) is 3.00. The van der Waals surface area contributed by atoms with E-state index in [0.717, 1.165) is 49.7 Å². The van der Waals surface area contributed by atoms with Gasteiger partial charge in [0.2, 0.25) is 0 Å². The lowest BCUT2D eigenvalue weighted by Gasteiger charge is -2.35. The summed E-state index contributed by atoms with van der Waals surface area (Å²) in [5.74, 6) is 1.88. The maximum Gasteiger partial charge on any atom is 0.144 e. The van der Waals surface area contributed by atoms with Crippen LogP contribution in [0.3, 0.4) is 0 Å². The number of benzene rings is 2. The number of halogens is 1. The van der Waals surface area contributed by atoms with E-state index in [1.165, 1.54) is 42.5 Å². The van der Waals surface area contributed by atoms with Crippen molar-refractivity contribution in [2.75, 3.05) is 25.5 Å². The van der Waals surface area contributed by atoms with Crippen molar-refractivity contribution in [2.24, 2.45) is 0 Å². The second-order valence-corrected chi connectivity index (χ2v) is 9.23. The van der Waals surface area contributed by atoms with Crippen molar-refractivity contribution in [1.82, 2.24) is 14.7 Å². The predicted molar refractivity (Wildman–Crippen MR) is 130 cm³/mol. The van der Waals surface area contributed by atoms with Gasteiger partial charge in [-0.2, -0.15) is 5.10 Å². The first-order valence-corrected chi connectivity index (χ1v) is 12.1. The van der Waals surface area contributed by atoms with Crippen LogP contribution in [-0.4, -0.2) is 34.9 Å². The van der Waals surface area contributed by atoms with Gasteiger partial charge >= 0.3 is 0 Å². The van der Waals surface area contributed by atoms with E-state index in [-0.39, 0.29) is 0 Å². The fraction of sp³-hybridized carbons (Fsp3) is 0.423. The van der Waals surface area contributed by atoms with E-state index in [2.05, 4.69) is 40.5 Å². The number of likely N-dealkylation sites (tertiary alicyclic amines) is 1. The van der Waals surface area contributed by atoms with Crippen LogP contribution in [0, 0.1) is 0 Å². The molecule has 0 radical (unpaired) electrons. The second kappa shape index (κ2) is 9.55. The molecule has 1 unspecified atom stereocenters. The lowest BCUT2D eigenvalue weighted by molar-refractivity contribution is 0.136. The number of methoxy groups -OCH3 is 1. The van der Waals surface area contributed by atoms with Crippen molar-refractivity contribution in [3.8, 4) is 11.4 Å². The van der Waals surface area contributed by atoms with E-state index in [1.54, 1.807) is 7.11 Å². The Bertz CT molecular complexity index is 1070. The Hall–Kier alpha value is -2.50. The lowest BCUT2D eigenvalue weighted by Crippen LogP contribution is -2.33. The highest BCUT2D eigenvalue weighted by Gasteiger charge is 2.32. The van der Waals surface area contributed by atoms with Gasteiger partial charge in [0, 0.05) is 23.7 Å². The number of fused-ring (bicyclic) bond motifs is 1. The summed E-state index contributed by atoms with van der Waals surface area (Å²) in [5.41, 5.74) is 4.82. The maximum atomic E-state index is 6.38. The highest BCUT2D eigenvalue weighted by Crippen LogP contribution is 2.40. The molecule has 5 rings (SSSR count). The largest absolute Gasteiger partial charge is 0.494 e. The fourth-order valence-electron chi connectivity index (χ4n) is 5.11. The summed E-state index contributed by atoms with van der Waals surface area (Å²) >= 11 is 6.38. The van der Waals surface area contributed by atoms with Gasteiger partial charge in [-0.05, 0) is 62.4 Å². The minimum absolute atomic E-state index is 0.323. The molecule has 1 N–H and O–H groups in total. The van der Waals surface area contributed by atoms with Gasteiger partial charge in [-0.1, -0.05) is 48.4 Å².